The molecular formula is C3H9NTa. The Labute approximate surface area is 42.8 Å². The second kappa shape index (κ2) is 4.70. The first-order valence-corrected chi connectivity index (χ1v) is 5.63. The first-order chi connectivity index (χ1) is 2.41. The van der Waals surface area contributed by atoms with Gasteiger partial charge in [-0.05, 0) is 0 Å². The Morgan fingerprint density at radius 2 is 2.40 bits per heavy atom. The third-order valence-electron chi connectivity index (χ3n) is 0.316. The van der Waals surface area contributed by atoms with E-state index < -0.39 is 0 Å². The van der Waals surface area contributed by atoms with Crippen molar-refractivity contribution in [3.05, 3.63) is 0 Å². The summed E-state index contributed by atoms with van der Waals surface area (Å²) in [6.45, 7) is 2.23. The number of hydrogen-bond donors (Lipinski definition) is 1. The Morgan fingerprint density at radius 1 is 1.80 bits per heavy atom. The summed E-state index contributed by atoms with van der Waals surface area (Å²) in [5.74, 6) is 0. The predicted molar refractivity (Wildman–Crippen MR) is 19.5 cm³/mol. The monoisotopic (exact) mass is 240 g/mol. The van der Waals surface area contributed by atoms with Gasteiger partial charge in [0.2, 0.25) is 0 Å². The van der Waals surface area contributed by atoms with Gasteiger partial charge in [-0.1, -0.05) is 0 Å². The van der Waals surface area contributed by atoms with Gasteiger partial charge in [0.15, 0.2) is 0 Å². The Hall–Kier alpha value is 0.700. The number of hydrogen-bond acceptors (Lipinski definition) is 1. The molecule has 2 heteroatoms. The van der Waals surface area contributed by atoms with Gasteiger partial charge in [-0.15, -0.1) is 0 Å². The van der Waals surface area contributed by atoms with E-state index in [1.807, 2.05) is 7.05 Å². The average Bonchev–Trinajstić information content (AvgIpc) is 1.41. The summed E-state index contributed by atoms with van der Waals surface area (Å²) < 4.78 is 4.61. The Morgan fingerprint density at radius 3 is 2.40 bits per heavy atom. The van der Waals surface area contributed by atoms with Crippen LogP contribution >= 0.6 is 0 Å². The van der Waals surface area contributed by atoms with E-state index >= 15 is 0 Å². The van der Waals surface area contributed by atoms with Crippen LogP contribution in [-0.4, -0.2) is 7.05 Å². The van der Waals surface area contributed by atoms with Gasteiger partial charge < -0.3 is 0 Å². The molecule has 31 valence electrons. The molecule has 0 aliphatic rings. The van der Waals surface area contributed by atoms with Gasteiger partial charge in [0.05, 0.1) is 0 Å². The van der Waals surface area contributed by atoms with Gasteiger partial charge in [-0.2, -0.15) is 0 Å². The van der Waals surface area contributed by atoms with E-state index in [1.165, 1.54) is 4.64 Å². The van der Waals surface area contributed by atoms with Crippen LogP contribution in [0.25, 0.3) is 0 Å². The zero-order chi connectivity index (χ0) is 4.12. The first kappa shape index (κ1) is 5.70. The summed E-state index contributed by atoms with van der Waals surface area (Å²) >= 11 is -0.105. The van der Waals surface area contributed by atoms with E-state index in [-0.39, 0.29) is 20.0 Å². The summed E-state index contributed by atoms with van der Waals surface area (Å²) in [5, 5.41) is 0. The standard InChI is InChI=1S/C2H5.CH4N.Ta/c2*1-2;/h1H2,2H3;2H,1H3;/q;-1;+1. The zero-order valence-corrected chi connectivity index (χ0v) is 6.87. The fraction of sp³-hybridized carbons (Fsp3) is 1.00. The molecule has 0 saturated heterocycles. The summed E-state index contributed by atoms with van der Waals surface area (Å²) in [6, 6.07) is 0. The molecule has 5 heavy (non-hydrogen) atoms. The van der Waals surface area contributed by atoms with Crippen molar-refractivity contribution in [2.45, 2.75) is 11.6 Å². The zero-order valence-electron chi connectivity index (χ0n) is 3.65. The minimum atomic E-state index is -0.105. The Bertz CT molecular complexity index is 14.4. The van der Waals surface area contributed by atoms with E-state index in [4.69, 9.17) is 0 Å². The van der Waals surface area contributed by atoms with Crippen molar-refractivity contribution in [1.82, 2.24) is 3.72 Å². The molecule has 0 spiro atoms. The Kier molecular flexibility index (Phi) is 5.36. The van der Waals surface area contributed by atoms with Crippen LogP contribution < -0.4 is 3.72 Å². The summed E-state index contributed by atoms with van der Waals surface area (Å²) in [5.41, 5.74) is 0. The second-order valence-corrected chi connectivity index (χ2v) is 5.71. The average molecular weight is 240 g/mol. The van der Waals surface area contributed by atoms with Crippen LogP contribution in [0.5, 0.6) is 0 Å². The van der Waals surface area contributed by atoms with Crippen molar-refractivity contribution in [2.24, 2.45) is 0 Å². The van der Waals surface area contributed by atoms with Crippen molar-refractivity contribution in [3.63, 3.8) is 0 Å². The molecule has 0 amide bonds. The molecule has 1 N–H and O–H groups in total. The van der Waals surface area contributed by atoms with Crippen LogP contribution in [0.1, 0.15) is 6.92 Å². The molecule has 0 unspecified atom stereocenters. The van der Waals surface area contributed by atoms with E-state index in [1.54, 1.807) is 0 Å². The predicted octanol–water partition coefficient (Wildman–Crippen LogP) is 0.641. The third kappa shape index (κ3) is 4.70. The van der Waals surface area contributed by atoms with Crippen molar-refractivity contribution in [1.29, 1.82) is 0 Å². The molecule has 0 aromatic rings. The summed E-state index contributed by atoms with van der Waals surface area (Å²) in [4.78, 5) is 0. The number of rotatable bonds is 2. The molecule has 0 fully saturated rings. The molecule has 0 bridgehead atoms. The fourth-order valence-electron chi connectivity index (χ4n) is 0.158. The molecule has 0 aromatic heterocycles. The van der Waals surface area contributed by atoms with E-state index in [2.05, 4.69) is 10.6 Å². The third-order valence-corrected chi connectivity index (χ3v) is 2.59. The molecular weight excluding hydrogens is 231 g/mol. The molecule has 0 saturated carbocycles. The molecule has 0 atom stereocenters. The SMILES string of the molecule is C[CH2][Ta][NH]C. The molecule has 1 nitrogen and oxygen atoms in total. The molecule has 0 radical (unpaired) electrons. The Balaban J connectivity index is 2.19. The molecule has 0 heterocycles. The van der Waals surface area contributed by atoms with E-state index in [0.29, 0.717) is 0 Å². The fourth-order valence-corrected chi connectivity index (χ4v) is 1.29. The first-order valence-electron chi connectivity index (χ1n) is 1.75. The van der Waals surface area contributed by atoms with Crippen molar-refractivity contribution < 1.29 is 20.0 Å². The topological polar surface area (TPSA) is 12.0 Å². The maximum absolute atomic E-state index is 3.20. The van der Waals surface area contributed by atoms with Gasteiger partial charge in [-0.3, -0.25) is 0 Å². The van der Waals surface area contributed by atoms with Crippen molar-refractivity contribution in [3.8, 4) is 0 Å². The van der Waals surface area contributed by atoms with Crippen LogP contribution in [0.2, 0.25) is 4.64 Å². The van der Waals surface area contributed by atoms with Gasteiger partial charge in [0.25, 0.3) is 0 Å². The number of nitrogens with one attached hydrogen (secondary N) is 1. The molecule has 0 aliphatic carbocycles. The molecule has 0 aromatic carbocycles. The maximum atomic E-state index is 3.20. The molecule has 0 aliphatic heterocycles. The molecule has 0 rings (SSSR count). The van der Waals surface area contributed by atoms with Crippen LogP contribution in [-0.2, 0) is 20.0 Å². The quantitative estimate of drug-likeness (QED) is 0.746. The van der Waals surface area contributed by atoms with Gasteiger partial charge >= 0.3 is 42.3 Å². The van der Waals surface area contributed by atoms with Crippen LogP contribution in [0.3, 0.4) is 0 Å². The van der Waals surface area contributed by atoms with E-state index in [9.17, 15) is 0 Å². The second-order valence-electron chi connectivity index (χ2n) is 0.698. The van der Waals surface area contributed by atoms with Gasteiger partial charge in [0.1, 0.15) is 0 Å². The van der Waals surface area contributed by atoms with Crippen LogP contribution in [0, 0.1) is 0 Å². The van der Waals surface area contributed by atoms with E-state index in [0.717, 1.165) is 0 Å². The summed E-state index contributed by atoms with van der Waals surface area (Å²) in [7, 11) is 2.04. The minimum absolute atomic E-state index is 0.105. The van der Waals surface area contributed by atoms with Crippen molar-refractivity contribution in [2.75, 3.05) is 7.05 Å². The van der Waals surface area contributed by atoms with Gasteiger partial charge in [-0.25, -0.2) is 0 Å². The normalized spacial score (nSPS) is 7.60. The van der Waals surface area contributed by atoms with Crippen LogP contribution in [0.15, 0.2) is 0 Å². The van der Waals surface area contributed by atoms with Gasteiger partial charge in [0, 0.05) is 0 Å². The van der Waals surface area contributed by atoms with Crippen molar-refractivity contribution >= 4 is 0 Å². The summed E-state index contributed by atoms with van der Waals surface area (Å²) in [6.07, 6.45) is 0. The van der Waals surface area contributed by atoms with Crippen LogP contribution in [0.4, 0.5) is 0 Å².